The Balaban J connectivity index is 2.28. The van der Waals surface area contributed by atoms with Crippen LogP contribution in [0.1, 0.15) is 51.3 Å². The van der Waals surface area contributed by atoms with Crippen LogP contribution >= 0.6 is 0 Å². The molecule has 1 aromatic rings. The van der Waals surface area contributed by atoms with Gasteiger partial charge in [-0.25, -0.2) is 0 Å². The van der Waals surface area contributed by atoms with Crippen molar-refractivity contribution in [3.05, 3.63) is 12.2 Å². The van der Waals surface area contributed by atoms with Crippen molar-refractivity contribution in [1.29, 1.82) is 0 Å². The zero-order valence-electron chi connectivity index (χ0n) is 9.32. The molecule has 1 fully saturated rings. The van der Waals surface area contributed by atoms with E-state index in [0.717, 1.165) is 5.82 Å². The van der Waals surface area contributed by atoms with E-state index in [0.29, 0.717) is 11.3 Å². The van der Waals surface area contributed by atoms with Gasteiger partial charge in [0.2, 0.25) is 0 Å². The van der Waals surface area contributed by atoms with E-state index in [1.54, 1.807) is 6.33 Å². The summed E-state index contributed by atoms with van der Waals surface area (Å²) in [4.78, 5) is 0. The fourth-order valence-corrected chi connectivity index (χ4v) is 2.58. The molecular weight excluding hydrogens is 174 g/mol. The van der Waals surface area contributed by atoms with E-state index >= 15 is 0 Å². The fourth-order valence-electron chi connectivity index (χ4n) is 2.58. The number of aromatic nitrogens is 3. The van der Waals surface area contributed by atoms with Crippen LogP contribution in [0.5, 0.6) is 0 Å². The molecule has 1 heterocycles. The molecule has 0 amide bonds. The van der Waals surface area contributed by atoms with Crippen LogP contribution in [0.3, 0.4) is 0 Å². The van der Waals surface area contributed by atoms with Crippen molar-refractivity contribution < 1.29 is 0 Å². The maximum absolute atomic E-state index is 4.25. The summed E-state index contributed by atoms with van der Waals surface area (Å²) in [7, 11) is 2.04. The van der Waals surface area contributed by atoms with E-state index in [4.69, 9.17) is 0 Å². The minimum absolute atomic E-state index is 0.388. The highest BCUT2D eigenvalue weighted by molar-refractivity contribution is 5.04. The van der Waals surface area contributed by atoms with Crippen LogP contribution in [0, 0.1) is 5.41 Å². The SMILES string of the molecule is Cn1cnnc1C1CCCCC1(C)C. The Morgan fingerprint density at radius 3 is 2.79 bits per heavy atom. The van der Waals surface area contributed by atoms with Crippen molar-refractivity contribution in [2.45, 2.75) is 45.4 Å². The lowest BCUT2D eigenvalue weighted by Crippen LogP contribution is -2.28. The molecule has 1 atom stereocenters. The second kappa shape index (κ2) is 3.37. The predicted octanol–water partition coefficient (Wildman–Crippen LogP) is 2.50. The standard InChI is InChI=1S/C11H19N3/c1-11(2)7-5-4-6-9(11)10-13-12-8-14(10)3/h8-9H,4-7H2,1-3H3. The molecule has 0 bridgehead atoms. The van der Waals surface area contributed by atoms with Crippen LogP contribution in [0.4, 0.5) is 0 Å². The maximum atomic E-state index is 4.25. The van der Waals surface area contributed by atoms with Crippen molar-refractivity contribution in [2.24, 2.45) is 12.5 Å². The number of nitrogens with zero attached hydrogens (tertiary/aromatic N) is 3. The molecule has 0 saturated heterocycles. The van der Waals surface area contributed by atoms with Gasteiger partial charge >= 0.3 is 0 Å². The largest absolute Gasteiger partial charge is 0.320 e. The molecule has 1 unspecified atom stereocenters. The number of aryl methyl sites for hydroxylation is 1. The molecule has 3 heteroatoms. The molecule has 1 saturated carbocycles. The van der Waals surface area contributed by atoms with Gasteiger partial charge in [-0.3, -0.25) is 0 Å². The van der Waals surface area contributed by atoms with Crippen LogP contribution in [0.15, 0.2) is 6.33 Å². The van der Waals surface area contributed by atoms with Crippen molar-refractivity contribution in [1.82, 2.24) is 14.8 Å². The van der Waals surface area contributed by atoms with Gasteiger partial charge in [0.15, 0.2) is 0 Å². The lowest BCUT2D eigenvalue weighted by molar-refractivity contribution is 0.189. The molecule has 0 radical (unpaired) electrons. The summed E-state index contributed by atoms with van der Waals surface area (Å²) >= 11 is 0. The Morgan fingerprint density at radius 2 is 2.21 bits per heavy atom. The molecule has 1 aliphatic rings. The first kappa shape index (κ1) is 9.69. The number of rotatable bonds is 1. The van der Waals surface area contributed by atoms with Crippen molar-refractivity contribution in [3.63, 3.8) is 0 Å². The molecule has 2 rings (SSSR count). The number of hydrogen-bond donors (Lipinski definition) is 0. The lowest BCUT2D eigenvalue weighted by atomic mass is 9.68. The summed E-state index contributed by atoms with van der Waals surface area (Å²) in [6, 6.07) is 0. The fraction of sp³-hybridized carbons (Fsp3) is 0.818. The molecular formula is C11H19N3. The Morgan fingerprint density at radius 1 is 1.43 bits per heavy atom. The molecule has 0 spiro atoms. The van der Waals surface area contributed by atoms with Crippen LogP contribution in [0.25, 0.3) is 0 Å². The highest BCUT2D eigenvalue weighted by atomic mass is 15.2. The van der Waals surface area contributed by atoms with Gasteiger partial charge in [0.1, 0.15) is 12.2 Å². The average Bonchev–Trinajstić information content (AvgIpc) is 2.51. The quantitative estimate of drug-likeness (QED) is 0.686. The molecule has 3 nitrogen and oxygen atoms in total. The lowest BCUT2D eigenvalue weighted by Gasteiger charge is -2.37. The second-order valence-corrected chi connectivity index (χ2v) is 5.09. The third-order valence-electron chi connectivity index (χ3n) is 3.57. The van der Waals surface area contributed by atoms with Crippen molar-refractivity contribution >= 4 is 0 Å². The average molecular weight is 193 g/mol. The van der Waals surface area contributed by atoms with Gasteiger partial charge in [-0.1, -0.05) is 26.7 Å². The van der Waals surface area contributed by atoms with E-state index in [1.807, 2.05) is 7.05 Å². The Kier molecular flexibility index (Phi) is 2.33. The van der Waals surface area contributed by atoms with Crippen molar-refractivity contribution in [3.8, 4) is 0 Å². The molecule has 1 aliphatic carbocycles. The maximum Gasteiger partial charge on any atom is 0.136 e. The summed E-state index contributed by atoms with van der Waals surface area (Å²) in [6.45, 7) is 4.71. The second-order valence-electron chi connectivity index (χ2n) is 5.09. The first-order valence-electron chi connectivity index (χ1n) is 5.45. The zero-order chi connectivity index (χ0) is 10.2. The van der Waals surface area contributed by atoms with Gasteiger partial charge in [-0.15, -0.1) is 10.2 Å². The Labute approximate surface area is 85.5 Å². The molecule has 1 aromatic heterocycles. The van der Waals surface area contributed by atoms with Gasteiger partial charge in [-0.05, 0) is 18.3 Å². The van der Waals surface area contributed by atoms with E-state index in [9.17, 15) is 0 Å². The normalized spacial score (nSPS) is 26.4. The Hall–Kier alpha value is -0.860. The van der Waals surface area contributed by atoms with E-state index in [2.05, 4.69) is 28.6 Å². The third kappa shape index (κ3) is 1.56. The van der Waals surface area contributed by atoms with E-state index in [1.165, 1.54) is 25.7 Å². The van der Waals surface area contributed by atoms with Gasteiger partial charge in [0, 0.05) is 13.0 Å². The van der Waals surface area contributed by atoms with Crippen LogP contribution in [-0.2, 0) is 7.05 Å². The summed E-state index contributed by atoms with van der Waals surface area (Å²) < 4.78 is 2.07. The van der Waals surface area contributed by atoms with Gasteiger partial charge in [0.25, 0.3) is 0 Å². The van der Waals surface area contributed by atoms with Gasteiger partial charge < -0.3 is 4.57 Å². The first-order chi connectivity index (χ1) is 6.61. The molecule has 0 aliphatic heterocycles. The molecule has 0 N–H and O–H groups in total. The van der Waals surface area contributed by atoms with Crippen LogP contribution < -0.4 is 0 Å². The molecule has 0 aromatic carbocycles. The van der Waals surface area contributed by atoms with E-state index < -0.39 is 0 Å². The summed E-state index contributed by atoms with van der Waals surface area (Å²) in [5.41, 5.74) is 0.388. The smallest absolute Gasteiger partial charge is 0.136 e. The monoisotopic (exact) mass is 193 g/mol. The van der Waals surface area contributed by atoms with Crippen LogP contribution in [0.2, 0.25) is 0 Å². The molecule has 14 heavy (non-hydrogen) atoms. The van der Waals surface area contributed by atoms with Crippen molar-refractivity contribution in [2.75, 3.05) is 0 Å². The van der Waals surface area contributed by atoms with Gasteiger partial charge in [-0.2, -0.15) is 0 Å². The predicted molar refractivity (Wildman–Crippen MR) is 56.0 cm³/mol. The minimum atomic E-state index is 0.388. The topological polar surface area (TPSA) is 30.7 Å². The first-order valence-corrected chi connectivity index (χ1v) is 5.45. The third-order valence-corrected chi connectivity index (χ3v) is 3.57. The highest BCUT2D eigenvalue weighted by Crippen LogP contribution is 2.45. The van der Waals surface area contributed by atoms with Gasteiger partial charge in [0.05, 0.1) is 0 Å². The van der Waals surface area contributed by atoms with E-state index in [-0.39, 0.29) is 0 Å². The van der Waals surface area contributed by atoms with Crippen LogP contribution in [-0.4, -0.2) is 14.8 Å². The number of hydrogen-bond acceptors (Lipinski definition) is 2. The summed E-state index contributed by atoms with van der Waals surface area (Å²) in [6.07, 6.45) is 7.08. The Bertz CT molecular complexity index is 314. The zero-order valence-corrected chi connectivity index (χ0v) is 9.32. The molecule has 78 valence electrons. The minimum Gasteiger partial charge on any atom is -0.320 e. The highest BCUT2D eigenvalue weighted by Gasteiger charge is 2.35. The summed E-state index contributed by atoms with van der Waals surface area (Å²) in [5.74, 6) is 1.75. The summed E-state index contributed by atoms with van der Waals surface area (Å²) in [5, 5.41) is 8.22.